The van der Waals surface area contributed by atoms with Crippen molar-refractivity contribution in [2.45, 2.75) is 0 Å². The molecule has 0 N–H and O–H groups in total. The Morgan fingerprint density at radius 3 is 2.28 bits per heavy atom. The Labute approximate surface area is 106 Å². The van der Waals surface area contributed by atoms with Gasteiger partial charge < -0.3 is 4.74 Å². The highest BCUT2D eigenvalue weighted by Crippen LogP contribution is 2.30. The number of ether oxygens (including phenoxy) is 1. The second-order valence-corrected chi connectivity index (χ2v) is 4.11. The van der Waals surface area contributed by atoms with Gasteiger partial charge in [-0.2, -0.15) is 0 Å². The molecule has 0 aliphatic carbocycles. The number of hydrogen-bond donors (Lipinski definition) is 0. The van der Waals surface area contributed by atoms with Crippen molar-refractivity contribution in [1.82, 2.24) is 0 Å². The highest BCUT2D eigenvalue weighted by molar-refractivity contribution is 6.09. The lowest BCUT2D eigenvalue weighted by Gasteiger charge is -2.00. The Bertz CT molecular complexity index is 627. The molecule has 2 heteroatoms. The number of nitrogens with zero attached hydrogens (tertiary/aromatic N) is 1. The van der Waals surface area contributed by atoms with Crippen LogP contribution in [0.1, 0.15) is 16.7 Å². The van der Waals surface area contributed by atoms with Gasteiger partial charge in [0.2, 0.25) is 5.90 Å². The first-order valence-electron chi connectivity index (χ1n) is 5.87. The van der Waals surface area contributed by atoms with Crippen LogP contribution in [0.25, 0.3) is 11.8 Å². The molecule has 1 aliphatic rings. The highest BCUT2D eigenvalue weighted by Gasteiger charge is 2.19. The van der Waals surface area contributed by atoms with E-state index in [9.17, 15) is 0 Å². The van der Waals surface area contributed by atoms with Crippen molar-refractivity contribution >= 4 is 17.7 Å². The van der Waals surface area contributed by atoms with E-state index in [0.29, 0.717) is 5.90 Å². The first-order valence-corrected chi connectivity index (χ1v) is 5.87. The summed E-state index contributed by atoms with van der Waals surface area (Å²) in [5.74, 6) is 0.688. The molecule has 0 aromatic heterocycles. The van der Waals surface area contributed by atoms with Crippen LogP contribution in [0.15, 0.2) is 59.6 Å². The molecule has 0 saturated carbocycles. The summed E-state index contributed by atoms with van der Waals surface area (Å²) in [6, 6.07) is 18.3. The third-order valence-electron chi connectivity index (χ3n) is 2.95. The van der Waals surface area contributed by atoms with Gasteiger partial charge in [-0.05, 0) is 17.7 Å². The fourth-order valence-corrected chi connectivity index (χ4v) is 2.10. The fourth-order valence-electron chi connectivity index (χ4n) is 2.10. The quantitative estimate of drug-likeness (QED) is 0.740. The number of rotatable bonds is 1. The van der Waals surface area contributed by atoms with Gasteiger partial charge in [0.25, 0.3) is 0 Å². The van der Waals surface area contributed by atoms with Crippen LogP contribution in [0.4, 0.5) is 0 Å². The van der Waals surface area contributed by atoms with Crippen molar-refractivity contribution in [2.24, 2.45) is 4.99 Å². The Kier molecular flexibility index (Phi) is 2.69. The summed E-state index contributed by atoms with van der Waals surface area (Å²) in [5.41, 5.74) is 4.28. The van der Waals surface area contributed by atoms with Crippen molar-refractivity contribution in [1.29, 1.82) is 0 Å². The van der Waals surface area contributed by atoms with Gasteiger partial charge in [-0.15, -0.1) is 0 Å². The van der Waals surface area contributed by atoms with Crippen LogP contribution in [0.2, 0.25) is 0 Å². The Morgan fingerprint density at radius 2 is 1.56 bits per heavy atom. The summed E-state index contributed by atoms with van der Waals surface area (Å²) in [4.78, 5) is 4.53. The Hall–Kier alpha value is -2.35. The molecule has 0 unspecified atom stereocenters. The number of methoxy groups -OCH3 is 1. The first-order chi connectivity index (χ1) is 8.88. The minimum atomic E-state index is 0.688. The maximum absolute atomic E-state index is 5.31. The van der Waals surface area contributed by atoms with Gasteiger partial charge in [0.1, 0.15) is 0 Å². The van der Waals surface area contributed by atoms with Crippen molar-refractivity contribution in [3.8, 4) is 0 Å². The Balaban J connectivity index is 2.10. The van der Waals surface area contributed by atoms with Gasteiger partial charge in [-0.1, -0.05) is 48.5 Å². The molecule has 1 aliphatic heterocycles. The standard InChI is InChI=1S/C16H13NO/c1-18-16-14-10-6-5-9-13(14)15(17-16)11-12-7-3-2-4-8-12/h2-11H,1H3/b15-11+. The van der Waals surface area contributed by atoms with Gasteiger partial charge in [-0.3, -0.25) is 0 Å². The normalized spacial score (nSPS) is 15.4. The fraction of sp³-hybridized carbons (Fsp3) is 0.0625. The second-order valence-electron chi connectivity index (χ2n) is 4.11. The number of hydrogen-bond acceptors (Lipinski definition) is 2. The predicted octanol–water partition coefficient (Wildman–Crippen LogP) is 3.59. The van der Waals surface area contributed by atoms with E-state index >= 15 is 0 Å². The lowest BCUT2D eigenvalue weighted by Crippen LogP contribution is -1.99. The van der Waals surface area contributed by atoms with Gasteiger partial charge in [0.15, 0.2) is 0 Å². The van der Waals surface area contributed by atoms with Gasteiger partial charge in [-0.25, -0.2) is 4.99 Å². The first kappa shape index (κ1) is 10.8. The van der Waals surface area contributed by atoms with E-state index < -0.39 is 0 Å². The third-order valence-corrected chi connectivity index (χ3v) is 2.95. The summed E-state index contributed by atoms with van der Waals surface area (Å²) in [7, 11) is 1.65. The van der Waals surface area contributed by atoms with E-state index in [2.05, 4.69) is 29.3 Å². The molecule has 0 fully saturated rings. The van der Waals surface area contributed by atoms with Crippen LogP contribution in [0.3, 0.4) is 0 Å². The molecule has 2 aromatic carbocycles. The highest BCUT2D eigenvalue weighted by atomic mass is 16.5. The molecular weight excluding hydrogens is 222 g/mol. The van der Waals surface area contributed by atoms with E-state index in [-0.39, 0.29) is 0 Å². The SMILES string of the molecule is COC1=N/C(=C/c2ccccc2)c2ccccc21. The second kappa shape index (κ2) is 4.49. The molecular formula is C16H13NO. The largest absolute Gasteiger partial charge is 0.481 e. The maximum atomic E-state index is 5.31. The van der Waals surface area contributed by atoms with Gasteiger partial charge >= 0.3 is 0 Å². The van der Waals surface area contributed by atoms with E-state index in [1.165, 1.54) is 0 Å². The minimum Gasteiger partial charge on any atom is -0.481 e. The predicted molar refractivity (Wildman–Crippen MR) is 74.3 cm³/mol. The van der Waals surface area contributed by atoms with Crippen molar-refractivity contribution in [2.75, 3.05) is 7.11 Å². The number of fused-ring (bicyclic) bond motifs is 1. The molecule has 0 radical (unpaired) electrons. The van der Waals surface area contributed by atoms with E-state index in [1.807, 2.05) is 36.4 Å². The van der Waals surface area contributed by atoms with Crippen molar-refractivity contribution in [3.63, 3.8) is 0 Å². The lowest BCUT2D eigenvalue weighted by atomic mass is 10.1. The molecule has 0 amide bonds. The maximum Gasteiger partial charge on any atom is 0.221 e. The average Bonchev–Trinajstić information content (AvgIpc) is 2.78. The minimum absolute atomic E-state index is 0.688. The van der Waals surface area contributed by atoms with Gasteiger partial charge in [0.05, 0.1) is 12.8 Å². The van der Waals surface area contributed by atoms with Crippen molar-refractivity contribution < 1.29 is 4.74 Å². The van der Waals surface area contributed by atoms with Crippen LogP contribution in [-0.4, -0.2) is 13.0 Å². The topological polar surface area (TPSA) is 21.6 Å². The summed E-state index contributed by atoms with van der Waals surface area (Å²) < 4.78 is 5.31. The van der Waals surface area contributed by atoms with Crippen LogP contribution >= 0.6 is 0 Å². The molecule has 3 rings (SSSR count). The molecule has 18 heavy (non-hydrogen) atoms. The number of aliphatic imine (C=N–C) groups is 1. The van der Waals surface area contributed by atoms with Crippen LogP contribution in [0.5, 0.6) is 0 Å². The summed E-state index contributed by atoms with van der Waals surface area (Å²) in [6.45, 7) is 0. The molecule has 88 valence electrons. The zero-order chi connectivity index (χ0) is 12.4. The summed E-state index contributed by atoms with van der Waals surface area (Å²) in [6.07, 6.45) is 2.07. The molecule has 1 heterocycles. The van der Waals surface area contributed by atoms with E-state index in [1.54, 1.807) is 7.11 Å². The summed E-state index contributed by atoms with van der Waals surface area (Å²) in [5, 5.41) is 0. The molecule has 0 bridgehead atoms. The average molecular weight is 235 g/mol. The lowest BCUT2D eigenvalue weighted by molar-refractivity contribution is 0.406. The smallest absolute Gasteiger partial charge is 0.221 e. The zero-order valence-corrected chi connectivity index (χ0v) is 10.1. The van der Waals surface area contributed by atoms with E-state index in [4.69, 9.17) is 4.74 Å². The zero-order valence-electron chi connectivity index (χ0n) is 10.1. The molecule has 2 nitrogen and oxygen atoms in total. The van der Waals surface area contributed by atoms with Crippen LogP contribution in [0, 0.1) is 0 Å². The molecule has 0 atom stereocenters. The Morgan fingerprint density at radius 1 is 0.889 bits per heavy atom. The monoisotopic (exact) mass is 235 g/mol. The molecule has 0 saturated heterocycles. The van der Waals surface area contributed by atoms with Crippen LogP contribution < -0.4 is 0 Å². The van der Waals surface area contributed by atoms with Crippen molar-refractivity contribution in [3.05, 3.63) is 71.3 Å². The molecule has 0 spiro atoms. The van der Waals surface area contributed by atoms with Crippen LogP contribution in [-0.2, 0) is 4.74 Å². The summed E-state index contributed by atoms with van der Waals surface area (Å²) >= 11 is 0. The third kappa shape index (κ3) is 1.82. The number of benzene rings is 2. The van der Waals surface area contributed by atoms with E-state index in [0.717, 1.165) is 22.4 Å². The molecule has 2 aromatic rings. The van der Waals surface area contributed by atoms with Gasteiger partial charge in [0, 0.05) is 11.1 Å².